The molecule has 142 valence electrons. The molecule has 0 unspecified atom stereocenters. The zero-order valence-electron chi connectivity index (χ0n) is 15.0. The van der Waals surface area contributed by atoms with Crippen molar-refractivity contribution in [1.29, 1.82) is 0 Å². The van der Waals surface area contributed by atoms with E-state index in [-0.39, 0.29) is 16.3 Å². The van der Waals surface area contributed by atoms with Gasteiger partial charge in [-0.1, -0.05) is 16.8 Å². The number of sulfonamides is 1. The number of halogens is 1. The van der Waals surface area contributed by atoms with Crippen molar-refractivity contribution in [2.45, 2.75) is 45.6 Å². The summed E-state index contributed by atoms with van der Waals surface area (Å²) < 4.78 is 35.1. The summed E-state index contributed by atoms with van der Waals surface area (Å²) in [6.45, 7) is 8.07. The molecule has 2 aromatic rings. The van der Waals surface area contributed by atoms with Gasteiger partial charge in [-0.2, -0.15) is 0 Å². The molecule has 0 fully saturated rings. The molecule has 1 aromatic heterocycles. The number of amides is 1. The average Bonchev–Trinajstić information content (AvgIpc) is 2.87. The molecule has 10 heteroatoms. The monoisotopic (exact) mass is 401 g/mol. The van der Waals surface area contributed by atoms with Crippen LogP contribution in [0.1, 0.15) is 29.5 Å². The van der Waals surface area contributed by atoms with Gasteiger partial charge in [0.15, 0.2) is 11.9 Å². The van der Waals surface area contributed by atoms with Gasteiger partial charge in [-0.05, 0) is 57.9 Å². The van der Waals surface area contributed by atoms with E-state index in [1.807, 2.05) is 4.83 Å². The number of aryl methyl sites for hydroxylation is 4. The lowest BCUT2D eigenvalue weighted by Crippen LogP contribution is -2.47. The Balaban J connectivity index is 2.06. The van der Waals surface area contributed by atoms with Crippen LogP contribution in [0.2, 0.25) is 5.02 Å². The quantitative estimate of drug-likeness (QED) is 0.719. The van der Waals surface area contributed by atoms with Crippen molar-refractivity contribution >= 4 is 27.5 Å². The van der Waals surface area contributed by atoms with Crippen LogP contribution in [0, 0.1) is 27.7 Å². The van der Waals surface area contributed by atoms with Crippen LogP contribution in [0.15, 0.2) is 21.6 Å². The second kappa shape index (κ2) is 7.65. The molecule has 0 aliphatic heterocycles. The zero-order chi connectivity index (χ0) is 19.6. The smallest absolute Gasteiger partial charge is 0.275 e. The second-order valence-electron chi connectivity index (χ2n) is 5.88. The summed E-state index contributed by atoms with van der Waals surface area (Å²) in [5.41, 5.74) is 3.87. The number of aromatic nitrogens is 1. The van der Waals surface area contributed by atoms with Gasteiger partial charge in [-0.25, -0.2) is 8.42 Å². The van der Waals surface area contributed by atoms with Gasteiger partial charge >= 0.3 is 0 Å². The van der Waals surface area contributed by atoms with Crippen LogP contribution >= 0.6 is 11.6 Å². The van der Waals surface area contributed by atoms with Gasteiger partial charge in [-0.15, -0.1) is 4.83 Å². The first-order valence-corrected chi connectivity index (χ1v) is 9.57. The Morgan fingerprint density at radius 3 is 2.31 bits per heavy atom. The van der Waals surface area contributed by atoms with E-state index in [1.165, 1.54) is 20.8 Å². The van der Waals surface area contributed by atoms with Crippen molar-refractivity contribution in [2.24, 2.45) is 0 Å². The Labute approximate surface area is 156 Å². The van der Waals surface area contributed by atoms with Gasteiger partial charge in [0, 0.05) is 5.02 Å². The van der Waals surface area contributed by atoms with Gasteiger partial charge in [0.1, 0.15) is 16.3 Å². The number of carbonyl (C=O) groups is 1. The first kappa shape index (κ1) is 20.2. The van der Waals surface area contributed by atoms with E-state index in [2.05, 4.69) is 10.6 Å². The lowest BCUT2D eigenvalue weighted by Gasteiger charge is -2.18. The minimum atomic E-state index is -4.01. The number of ether oxygens (including phenoxy) is 1. The van der Waals surface area contributed by atoms with Gasteiger partial charge in [0.25, 0.3) is 15.9 Å². The highest BCUT2D eigenvalue weighted by molar-refractivity contribution is 7.89. The molecule has 1 aromatic carbocycles. The SMILES string of the molecule is Cc1cc(Cl)cc(C)c1O[C@H](C)C(=O)NNS(=O)(=O)c1c(C)noc1C. The Bertz CT molecular complexity index is 897. The van der Waals surface area contributed by atoms with Crippen LogP contribution in [0.25, 0.3) is 0 Å². The maximum Gasteiger partial charge on any atom is 0.275 e. The maximum atomic E-state index is 12.3. The van der Waals surface area contributed by atoms with Crippen LogP contribution in [0.5, 0.6) is 5.75 Å². The van der Waals surface area contributed by atoms with E-state index in [1.54, 1.807) is 26.0 Å². The normalized spacial score (nSPS) is 12.7. The fourth-order valence-corrected chi connectivity index (χ4v) is 3.95. The molecule has 1 heterocycles. The lowest BCUT2D eigenvalue weighted by atomic mass is 10.1. The minimum absolute atomic E-state index is 0.115. The third-order valence-corrected chi connectivity index (χ3v) is 5.34. The number of benzene rings is 1. The fourth-order valence-electron chi connectivity index (χ4n) is 2.44. The Kier molecular flexibility index (Phi) is 5.94. The molecule has 0 saturated carbocycles. The van der Waals surface area contributed by atoms with Crippen molar-refractivity contribution in [3.8, 4) is 5.75 Å². The van der Waals surface area contributed by atoms with Crippen molar-refractivity contribution < 1.29 is 22.5 Å². The summed E-state index contributed by atoms with van der Waals surface area (Å²) in [5, 5.41) is 4.15. The molecule has 0 radical (unpaired) electrons. The summed E-state index contributed by atoms with van der Waals surface area (Å²) in [4.78, 5) is 14.1. The maximum absolute atomic E-state index is 12.3. The van der Waals surface area contributed by atoms with Crippen LogP contribution in [0.3, 0.4) is 0 Å². The predicted octanol–water partition coefficient (Wildman–Crippen LogP) is 2.34. The van der Waals surface area contributed by atoms with Gasteiger partial charge in [0.05, 0.1) is 0 Å². The molecule has 26 heavy (non-hydrogen) atoms. The number of hydrazine groups is 1. The number of hydrogen-bond donors (Lipinski definition) is 2. The van der Waals surface area contributed by atoms with Crippen molar-refractivity contribution in [1.82, 2.24) is 15.4 Å². The second-order valence-corrected chi connectivity index (χ2v) is 7.93. The largest absolute Gasteiger partial charge is 0.480 e. The average molecular weight is 402 g/mol. The minimum Gasteiger partial charge on any atom is -0.480 e. The summed E-state index contributed by atoms with van der Waals surface area (Å²) >= 11 is 5.97. The molecule has 0 spiro atoms. The van der Waals surface area contributed by atoms with E-state index in [4.69, 9.17) is 20.9 Å². The number of nitrogens with zero attached hydrogens (tertiary/aromatic N) is 1. The Hall–Kier alpha value is -2.10. The predicted molar refractivity (Wildman–Crippen MR) is 95.5 cm³/mol. The third kappa shape index (κ3) is 4.35. The van der Waals surface area contributed by atoms with Gasteiger partial charge < -0.3 is 9.26 Å². The van der Waals surface area contributed by atoms with E-state index in [0.717, 1.165) is 11.1 Å². The molecule has 2 rings (SSSR count). The summed E-state index contributed by atoms with van der Waals surface area (Å²) in [7, 11) is -4.01. The number of hydrogen-bond acceptors (Lipinski definition) is 6. The summed E-state index contributed by atoms with van der Waals surface area (Å²) in [6.07, 6.45) is -0.944. The molecule has 2 N–H and O–H groups in total. The molecule has 0 aliphatic carbocycles. The van der Waals surface area contributed by atoms with Crippen molar-refractivity contribution in [3.05, 3.63) is 39.7 Å². The Morgan fingerprint density at radius 1 is 1.23 bits per heavy atom. The number of rotatable bonds is 6. The van der Waals surface area contributed by atoms with Crippen molar-refractivity contribution in [3.63, 3.8) is 0 Å². The molecular formula is C16H20ClN3O5S. The number of nitrogens with one attached hydrogen (secondary N) is 2. The van der Waals surface area contributed by atoms with Crippen LogP contribution in [-0.4, -0.2) is 25.6 Å². The highest BCUT2D eigenvalue weighted by Crippen LogP contribution is 2.28. The van der Waals surface area contributed by atoms with Gasteiger partial charge in [0.2, 0.25) is 0 Å². The first-order chi connectivity index (χ1) is 12.0. The topological polar surface area (TPSA) is 111 Å². The van der Waals surface area contributed by atoms with E-state index < -0.39 is 22.0 Å². The van der Waals surface area contributed by atoms with E-state index in [0.29, 0.717) is 10.8 Å². The van der Waals surface area contributed by atoms with E-state index >= 15 is 0 Å². The van der Waals surface area contributed by atoms with Crippen molar-refractivity contribution in [2.75, 3.05) is 0 Å². The molecule has 1 atom stereocenters. The van der Waals surface area contributed by atoms with Crippen LogP contribution < -0.4 is 15.0 Å². The zero-order valence-corrected chi connectivity index (χ0v) is 16.6. The Morgan fingerprint density at radius 2 is 1.81 bits per heavy atom. The molecule has 0 aliphatic rings. The summed E-state index contributed by atoms with van der Waals surface area (Å²) in [6, 6.07) is 3.43. The van der Waals surface area contributed by atoms with Crippen LogP contribution in [0.4, 0.5) is 0 Å². The molecule has 1 amide bonds. The molecular weight excluding hydrogens is 382 g/mol. The number of carbonyl (C=O) groups excluding carboxylic acids is 1. The first-order valence-electron chi connectivity index (χ1n) is 7.71. The van der Waals surface area contributed by atoms with E-state index in [9.17, 15) is 13.2 Å². The molecule has 8 nitrogen and oxygen atoms in total. The molecule has 0 bridgehead atoms. The van der Waals surface area contributed by atoms with Gasteiger partial charge in [-0.3, -0.25) is 10.2 Å². The standard InChI is InChI=1S/C16H20ClN3O5S/c1-8-6-13(17)7-9(2)14(8)24-12(5)16(21)18-20-26(22,23)15-10(3)19-25-11(15)4/h6-7,12,20H,1-5H3,(H,18,21)/t12-/m1/s1. The fraction of sp³-hybridized carbons (Fsp3) is 0.375. The summed E-state index contributed by atoms with van der Waals surface area (Å²) in [5.74, 6) is -0.0133. The van der Waals surface area contributed by atoms with Crippen LogP contribution in [-0.2, 0) is 14.8 Å². The molecule has 0 saturated heterocycles. The highest BCUT2D eigenvalue weighted by atomic mass is 35.5. The lowest BCUT2D eigenvalue weighted by molar-refractivity contribution is -0.127. The highest BCUT2D eigenvalue weighted by Gasteiger charge is 2.26. The third-order valence-electron chi connectivity index (χ3n) is 3.63.